The molecule has 0 aliphatic rings. The highest BCUT2D eigenvalue weighted by Gasteiger charge is 2.05. The van der Waals surface area contributed by atoms with Crippen molar-refractivity contribution in [1.29, 1.82) is 0 Å². The maximum atomic E-state index is 5.03. The van der Waals surface area contributed by atoms with Gasteiger partial charge in [-0.25, -0.2) is 0 Å². The fourth-order valence-corrected chi connectivity index (χ4v) is 1.14. The molecule has 0 N–H and O–H groups in total. The van der Waals surface area contributed by atoms with Crippen molar-refractivity contribution in [2.75, 3.05) is 5.33 Å². The van der Waals surface area contributed by atoms with Gasteiger partial charge in [0.2, 0.25) is 0 Å². The molecule has 1 rings (SSSR count). The van der Waals surface area contributed by atoms with Gasteiger partial charge < -0.3 is 4.52 Å². The maximum absolute atomic E-state index is 5.03. The second-order valence-corrected chi connectivity index (χ2v) is 3.42. The maximum Gasteiger partial charge on any atom is 0.141 e. The van der Waals surface area contributed by atoms with Crippen LogP contribution in [0.2, 0.25) is 0 Å². The highest BCUT2D eigenvalue weighted by Crippen LogP contribution is 2.16. The smallest absolute Gasteiger partial charge is 0.141 e. The van der Waals surface area contributed by atoms with E-state index in [0.29, 0.717) is 0 Å². The zero-order valence-corrected chi connectivity index (χ0v) is 9.10. The number of nitrogens with zero attached hydrogens (tertiary/aromatic N) is 1. The molecule has 1 heterocycles. The van der Waals surface area contributed by atoms with Crippen LogP contribution in [0.15, 0.2) is 10.1 Å². The van der Waals surface area contributed by atoms with Gasteiger partial charge in [0.1, 0.15) is 5.76 Å². The van der Waals surface area contributed by atoms with Crippen LogP contribution < -0.4 is 0 Å². The first-order valence-electron chi connectivity index (χ1n) is 3.81. The molecule has 0 fully saturated rings. The number of aryl methyl sites for hydroxylation is 2. The van der Waals surface area contributed by atoms with Gasteiger partial charge in [0, 0.05) is 10.9 Å². The van der Waals surface area contributed by atoms with Crippen LogP contribution in [-0.4, -0.2) is 10.5 Å². The van der Waals surface area contributed by atoms with Crippen LogP contribution in [0.4, 0.5) is 0 Å². The third kappa shape index (κ3) is 1.97. The van der Waals surface area contributed by atoms with Gasteiger partial charge in [-0.3, -0.25) is 0 Å². The number of hydrogen-bond acceptors (Lipinski definition) is 2. The monoisotopic (exact) mass is 229 g/mol. The summed E-state index contributed by atoms with van der Waals surface area (Å²) in [6.07, 6.45) is 2.09. The molecule has 0 saturated carbocycles. The standard InChI is InChI=1S/C9H12BrNO/c1-6(5-10)4-9-7(2)11-12-8(9)3/h4H,5H2,1-3H3. The minimum absolute atomic E-state index is 0.882. The Morgan fingerprint density at radius 2 is 2.25 bits per heavy atom. The molecule has 0 aliphatic heterocycles. The van der Waals surface area contributed by atoms with E-state index in [-0.39, 0.29) is 0 Å². The van der Waals surface area contributed by atoms with E-state index >= 15 is 0 Å². The Bertz CT molecular complexity index is 282. The third-order valence-corrected chi connectivity index (χ3v) is 2.57. The molecule has 66 valence electrons. The van der Waals surface area contributed by atoms with Gasteiger partial charge in [0.15, 0.2) is 0 Å². The third-order valence-electron chi connectivity index (χ3n) is 1.69. The second kappa shape index (κ2) is 3.90. The summed E-state index contributed by atoms with van der Waals surface area (Å²) in [5.41, 5.74) is 3.32. The van der Waals surface area contributed by atoms with E-state index in [4.69, 9.17) is 4.52 Å². The van der Waals surface area contributed by atoms with Crippen LogP contribution in [0.1, 0.15) is 23.9 Å². The van der Waals surface area contributed by atoms with Crippen molar-refractivity contribution >= 4 is 22.0 Å². The lowest BCUT2D eigenvalue weighted by Gasteiger charge is -1.93. The van der Waals surface area contributed by atoms with Crippen LogP contribution in [0.3, 0.4) is 0 Å². The molecule has 1 aromatic heterocycles. The summed E-state index contributed by atoms with van der Waals surface area (Å²) in [5.74, 6) is 0.882. The second-order valence-electron chi connectivity index (χ2n) is 2.86. The van der Waals surface area contributed by atoms with Crippen molar-refractivity contribution in [3.63, 3.8) is 0 Å². The summed E-state index contributed by atoms with van der Waals surface area (Å²) in [6, 6.07) is 0. The zero-order chi connectivity index (χ0) is 9.14. The minimum atomic E-state index is 0.882. The van der Waals surface area contributed by atoms with Crippen molar-refractivity contribution < 1.29 is 4.52 Å². The van der Waals surface area contributed by atoms with E-state index in [1.165, 1.54) is 5.57 Å². The van der Waals surface area contributed by atoms with Crippen molar-refractivity contribution in [3.05, 3.63) is 22.6 Å². The van der Waals surface area contributed by atoms with Crippen LogP contribution >= 0.6 is 15.9 Å². The number of alkyl halides is 1. The highest BCUT2D eigenvalue weighted by molar-refractivity contribution is 9.09. The van der Waals surface area contributed by atoms with Crippen LogP contribution in [0.25, 0.3) is 6.08 Å². The SMILES string of the molecule is CC(=Cc1c(C)noc1C)CBr. The molecule has 12 heavy (non-hydrogen) atoms. The van der Waals surface area contributed by atoms with Gasteiger partial charge >= 0.3 is 0 Å². The van der Waals surface area contributed by atoms with E-state index in [1.807, 2.05) is 13.8 Å². The van der Waals surface area contributed by atoms with E-state index in [1.54, 1.807) is 0 Å². The molecule has 0 unspecified atom stereocenters. The number of allylic oxidation sites excluding steroid dienone is 1. The molecule has 0 bridgehead atoms. The molecule has 3 heteroatoms. The molecule has 0 aliphatic carbocycles. The Kier molecular flexibility index (Phi) is 3.09. The normalized spacial score (nSPS) is 12.2. The lowest BCUT2D eigenvalue weighted by atomic mass is 10.1. The van der Waals surface area contributed by atoms with E-state index < -0.39 is 0 Å². The molecular weight excluding hydrogens is 218 g/mol. The van der Waals surface area contributed by atoms with Gasteiger partial charge in [-0.05, 0) is 26.8 Å². The van der Waals surface area contributed by atoms with Crippen molar-refractivity contribution in [3.8, 4) is 0 Å². The first kappa shape index (κ1) is 9.52. The summed E-state index contributed by atoms with van der Waals surface area (Å²) >= 11 is 3.39. The fourth-order valence-electron chi connectivity index (χ4n) is 0.981. The minimum Gasteiger partial charge on any atom is -0.361 e. The average molecular weight is 230 g/mol. The van der Waals surface area contributed by atoms with Gasteiger partial charge in [-0.1, -0.05) is 26.7 Å². The lowest BCUT2D eigenvalue weighted by molar-refractivity contribution is 0.393. The molecule has 0 saturated heterocycles. The Hall–Kier alpha value is -0.570. The molecule has 0 amide bonds. The predicted octanol–water partition coefficient (Wildman–Crippen LogP) is 3.09. The van der Waals surface area contributed by atoms with E-state index in [2.05, 4.69) is 34.1 Å². The number of halogens is 1. The van der Waals surface area contributed by atoms with E-state index in [0.717, 1.165) is 22.3 Å². The first-order valence-corrected chi connectivity index (χ1v) is 4.93. The van der Waals surface area contributed by atoms with Crippen LogP contribution in [-0.2, 0) is 0 Å². The molecule has 0 atom stereocenters. The molecule has 2 nitrogen and oxygen atoms in total. The Balaban J connectivity index is 3.02. The number of aromatic nitrogens is 1. The Labute approximate surface area is 80.8 Å². The largest absolute Gasteiger partial charge is 0.361 e. The van der Waals surface area contributed by atoms with E-state index in [9.17, 15) is 0 Å². The van der Waals surface area contributed by atoms with Crippen LogP contribution in [0, 0.1) is 13.8 Å². The number of hydrogen-bond donors (Lipinski definition) is 0. The molecular formula is C9H12BrNO. The lowest BCUT2D eigenvalue weighted by Crippen LogP contribution is -1.81. The van der Waals surface area contributed by atoms with Gasteiger partial charge in [0.25, 0.3) is 0 Å². The summed E-state index contributed by atoms with van der Waals surface area (Å²) in [5, 5.41) is 4.75. The quantitative estimate of drug-likeness (QED) is 0.729. The molecule has 1 aromatic rings. The van der Waals surface area contributed by atoms with Gasteiger partial charge in [-0.15, -0.1) is 0 Å². The van der Waals surface area contributed by atoms with Gasteiger partial charge in [-0.2, -0.15) is 0 Å². The van der Waals surface area contributed by atoms with Gasteiger partial charge in [0.05, 0.1) is 5.69 Å². The Morgan fingerprint density at radius 1 is 1.58 bits per heavy atom. The fraction of sp³-hybridized carbons (Fsp3) is 0.444. The Morgan fingerprint density at radius 3 is 2.67 bits per heavy atom. The molecule has 0 aromatic carbocycles. The summed E-state index contributed by atoms with van der Waals surface area (Å²) in [4.78, 5) is 0. The van der Waals surface area contributed by atoms with Crippen molar-refractivity contribution in [2.45, 2.75) is 20.8 Å². The number of rotatable bonds is 2. The summed E-state index contributed by atoms with van der Waals surface area (Å²) < 4.78 is 5.03. The zero-order valence-electron chi connectivity index (χ0n) is 7.52. The summed E-state index contributed by atoms with van der Waals surface area (Å²) in [7, 11) is 0. The van der Waals surface area contributed by atoms with Crippen molar-refractivity contribution in [1.82, 2.24) is 5.16 Å². The first-order chi connectivity index (χ1) is 5.65. The highest BCUT2D eigenvalue weighted by atomic mass is 79.9. The topological polar surface area (TPSA) is 26.0 Å². The van der Waals surface area contributed by atoms with Crippen LogP contribution in [0.5, 0.6) is 0 Å². The predicted molar refractivity (Wildman–Crippen MR) is 53.4 cm³/mol. The summed E-state index contributed by atoms with van der Waals surface area (Å²) in [6.45, 7) is 5.94. The van der Waals surface area contributed by atoms with Crippen molar-refractivity contribution in [2.24, 2.45) is 0 Å². The average Bonchev–Trinajstić information content (AvgIpc) is 2.35. The molecule has 0 spiro atoms. The molecule has 0 radical (unpaired) electrons.